The summed E-state index contributed by atoms with van der Waals surface area (Å²) in [4.78, 5) is 68.6. The first-order valence-corrected chi connectivity index (χ1v) is 12.3. The van der Waals surface area contributed by atoms with Crippen LogP contribution in [0.4, 0.5) is 0 Å². The lowest BCUT2D eigenvalue weighted by atomic mass is 9.97. The molecule has 13 nitrogen and oxygen atoms in total. The number of carbonyl (C=O) groups excluding carboxylic acids is 5. The van der Waals surface area contributed by atoms with Gasteiger partial charge in [-0.2, -0.15) is 9.58 Å². The van der Waals surface area contributed by atoms with E-state index < -0.39 is 64.8 Å². The third-order valence-electron chi connectivity index (χ3n) is 5.87. The number of carbonyl (C=O) groups is 5. The average molecular weight is 547 g/mol. The largest absolute Gasteiger partial charge is 0.415 e. The summed E-state index contributed by atoms with van der Waals surface area (Å²) in [6, 6.07) is 12.9. The van der Waals surface area contributed by atoms with Crippen LogP contribution in [0.2, 0.25) is 0 Å². The van der Waals surface area contributed by atoms with Crippen LogP contribution in [0.5, 0.6) is 0 Å². The molecule has 208 valence electrons. The van der Waals surface area contributed by atoms with Gasteiger partial charge in [-0.1, -0.05) is 60.7 Å². The Hall–Kier alpha value is -4.93. The van der Waals surface area contributed by atoms with E-state index in [0.29, 0.717) is 0 Å². The highest BCUT2D eigenvalue weighted by atomic mass is 16.2. The lowest BCUT2D eigenvalue weighted by molar-refractivity contribution is -0.131. The maximum atomic E-state index is 12.8. The van der Waals surface area contributed by atoms with Crippen LogP contribution in [-0.2, 0) is 36.8 Å². The van der Waals surface area contributed by atoms with Crippen LogP contribution < -0.4 is 22.1 Å². The van der Waals surface area contributed by atoms with E-state index in [1.807, 2.05) is 0 Å². The van der Waals surface area contributed by atoms with E-state index in [-0.39, 0.29) is 12.8 Å². The molecule has 40 heavy (non-hydrogen) atoms. The van der Waals surface area contributed by atoms with Gasteiger partial charge in [0.05, 0.1) is 24.2 Å². The van der Waals surface area contributed by atoms with Crippen molar-refractivity contribution in [2.45, 2.75) is 50.9 Å². The number of rotatable bonds is 14. The first-order valence-electron chi connectivity index (χ1n) is 12.3. The molecule has 0 bridgehead atoms. The van der Waals surface area contributed by atoms with Crippen LogP contribution >= 0.6 is 0 Å². The van der Waals surface area contributed by atoms with Crippen molar-refractivity contribution < 1.29 is 33.6 Å². The molecule has 2 aromatic carbocycles. The summed E-state index contributed by atoms with van der Waals surface area (Å²) in [7, 11) is 0. The molecule has 0 radical (unpaired) electrons. The van der Waals surface area contributed by atoms with Gasteiger partial charge >= 0.3 is 17.2 Å². The SMILES string of the molecule is C[C@@H](NC(=O)[C@@H](N)Cc1ccccc1)C(=O)C(=[N+]=[N-])C(=O)C(=[N+]=[N-])C(=O)[C@@H](C)NC(=O)[C@@H](N)Cc1ccccc1. The summed E-state index contributed by atoms with van der Waals surface area (Å²) < 4.78 is 0. The topological polar surface area (TPSA) is 234 Å². The Kier molecular flexibility index (Phi) is 11.6. The van der Waals surface area contributed by atoms with Crippen LogP contribution in [0.3, 0.4) is 0 Å². The Balaban J connectivity index is 2.03. The number of nitrogens with two attached hydrogens (primary N) is 2. The zero-order chi connectivity index (χ0) is 29.8. The maximum absolute atomic E-state index is 12.8. The third-order valence-corrected chi connectivity index (χ3v) is 5.87. The molecule has 0 aliphatic heterocycles. The highest BCUT2D eigenvalue weighted by Crippen LogP contribution is 2.04. The highest BCUT2D eigenvalue weighted by molar-refractivity contribution is 6.87. The van der Waals surface area contributed by atoms with Crippen LogP contribution in [0, 0.1) is 0 Å². The lowest BCUT2D eigenvalue weighted by Gasteiger charge is -2.16. The van der Waals surface area contributed by atoms with Crippen LogP contribution in [-0.4, -0.2) is 74.3 Å². The van der Waals surface area contributed by atoms with Crippen LogP contribution in [0.1, 0.15) is 25.0 Å². The molecule has 4 atom stereocenters. The quantitative estimate of drug-likeness (QED) is 0.102. The molecule has 0 spiro atoms. The van der Waals surface area contributed by atoms with Gasteiger partial charge in [0, 0.05) is 0 Å². The molecule has 0 fully saturated rings. The molecular formula is C27H30N8O5. The van der Waals surface area contributed by atoms with Gasteiger partial charge in [0.2, 0.25) is 11.8 Å². The minimum atomic E-state index is -1.52. The molecule has 2 rings (SSSR count). The fourth-order valence-corrected chi connectivity index (χ4v) is 3.63. The standard InChI is InChI=1S/C27H30N8O5/c1-15(32-26(39)19(28)13-17-9-5-3-6-10-17)23(36)21(34-30)25(38)22(35-31)24(37)16(2)33-27(40)20(29)14-18-11-7-4-8-12-18/h3-12,15-16,19-20H,13-14,28-29H2,1-2H3,(H,32,39)(H,33,40)/t15-,16-,19+,20+/m1/s1. The van der Waals surface area contributed by atoms with Gasteiger partial charge in [-0.3, -0.25) is 24.0 Å². The Bertz CT molecular complexity index is 1260. The van der Waals surface area contributed by atoms with Crippen molar-refractivity contribution in [3.63, 3.8) is 0 Å². The van der Waals surface area contributed by atoms with Crippen molar-refractivity contribution in [2.24, 2.45) is 11.5 Å². The van der Waals surface area contributed by atoms with Crippen molar-refractivity contribution >= 4 is 40.6 Å². The van der Waals surface area contributed by atoms with Crippen LogP contribution in [0.25, 0.3) is 11.1 Å². The number of amides is 2. The Labute approximate surface area is 230 Å². The molecular weight excluding hydrogens is 516 g/mol. The number of Topliss-reactive ketones (excluding diaryl/α,β-unsaturated/α-hetero) is 3. The van der Waals surface area contributed by atoms with E-state index in [0.717, 1.165) is 11.1 Å². The normalized spacial score (nSPS) is 13.3. The predicted molar refractivity (Wildman–Crippen MR) is 144 cm³/mol. The molecule has 0 aliphatic carbocycles. The number of hydrogen-bond donors (Lipinski definition) is 4. The van der Waals surface area contributed by atoms with Gasteiger partial charge in [-0.05, 0) is 37.8 Å². The average Bonchev–Trinajstić information content (AvgIpc) is 2.94. The Morgan fingerprint density at radius 3 is 1.30 bits per heavy atom. The van der Waals surface area contributed by atoms with E-state index in [9.17, 15) is 35.0 Å². The van der Waals surface area contributed by atoms with Crippen molar-refractivity contribution in [3.05, 3.63) is 82.9 Å². The molecule has 0 unspecified atom stereocenters. The van der Waals surface area contributed by atoms with Crippen molar-refractivity contribution in [3.8, 4) is 0 Å². The monoisotopic (exact) mass is 546 g/mol. The minimum Gasteiger partial charge on any atom is -0.360 e. The molecule has 0 aliphatic rings. The maximum Gasteiger partial charge on any atom is 0.415 e. The number of ketones is 3. The summed E-state index contributed by atoms with van der Waals surface area (Å²) >= 11 is 0. The highest BCUT2D eigenvalue weighted by Gasteiger charge is 2.46. The van der Waals surface area contributed by atoms with E-state index in [4.69, 9.17) is 11.5 Å². The Morgan fingerprint density at radius 2 is 1.00 bits per heavy atom. The van der Waals surface area contributed by atoms with E-state index in [1.165, 1.54) is 13.8 Å². The zero-order valence-corrected chi connectivity index (χ0v) is 22.0. The molecule has 2 aromatic rings. The van der Waals surface area contributed by atoms with E-state index >= 15 is 0 Å². The summed E-state index contributed by atoms with van der Waals surface area (Å²) in [6.07, 6.45) is 0.337. The van der Waals surface area contributed by atoms with Crippen molar-refractivity contribution in [1.82, 2.24) is 10.6 Å². The van der Waals surface area contributed by atoms with Gasteiger partial charge in [0.1, 0.15) is 0 Å². The number of nitrogens with zero attached hydrogens (tertiary/aromatic N) is 4. The summed E-state index contributed by atoms with van der Waals surface area (Å²) in [6.45, 7) is 2.42. The number of hydrogen-bond acceptors (Lipinski definition) is 7. The van der Waals surface area contributed by atoms with Gasteiger partial charge in [-0.25, -0.2) is 0 Å². The lowest BCUT2D eigenvalue weighted by Crippen LogP contribution is -2.53. The molecule has 0 saturated heterocycles. The second kappa shape index (κ2) is 14.9. The fourth-order valence-electron chi connectivity index (χ4n) is 3.63. The van der Waals surface area contributed by atoms with Crippen LogP contribution in [0.15, 0.2) is 60.7 Å². The first kappa shape index (κ1) is 31.3. The first-order chi connectivity index (χ1) is 19.0. The molecule has 0 heterocycles. The van der Waals surface area contributed by atoms with Gasteiger partial charge in [0.25, 0.3) is 11.6 Å². The zero-order valence-electron chi connectivity index (χ0n) is 22.0. The summed E-state index contributed by atoms with van der Waals surface area (Å²) in [5, 5.41) is 4.64. The Morgan fingerprint density at radius 1 is 0.675 bits per heavy atom. The third kappa shape index (κ3) is 8.55. The predicted octanol–water partition coefficient (Wildman–Crippen LogP) is -0.815. The summed E-state index contributed by atoms with van der Waals surface area (Å²) in [5.74, 6) is -5.31. The number of benzene rings is 2. The van der Waals surface area contributed by atoms with Gasteiger partial charge < -0.3 is 33.2 Å². The second-order valence-corrected chi connectivity index (χ2v) is 9.01. The molecule has 13 heteroatoms. The molecule has 6 N–H and O–H groups in total. The van der Waals surface area contributed by atoms with Crippen molar-refractivity contribution in [2.75, 3.05) is 0 Å². The van der Waals surface area contributed by atoms with Crippen molar-refractivity contribution in [1.29, 1.82) is 0 Å². The van der Waals surface area contributed by atoms with Gasteiger partial charge in [0.15, 0.2) is 0 Å². The smallest absolute Gasteiger partial charge is 0.360 e. The molecule has 0 aromatic heterocycles. The molecule has 2 amide bonds. The van der Waals surface area contributed by atoms with Gasteiger partial charge in [-0.15, -0.1) is 0 Å². The second-order valence-electron chi connectivity index (χ2n) is 9.01. The summed E-state index contributed by atoms with van der Waals surface area (Å²) in [5.41, 5.74) is 29.7. The van der Waals surface area contributed by atoms with E-state index in [1.54, 1.807) is 60.7 Å². The minimum absolute atomic E-state index is 0.169. The molecule has 0 saturated carbocycles. The fraction of sp³-hybridized carbons (Fsp3) is 0.296. The van der Waals surface area contributed by atoms with E-state index in [2.05, 4.69) is 20.2 Å². The number of nitrogens with one attached hydrogen (secondary N) is 2.